The van der Waals surface area contributed by atoms with Gasteiger partial charge in [-0.2, -0.15) is 0 Å². The van der Waals surface area contributed by atoms with E-state index in [4.69, 9.17) is 57.1 Å². The molecule has 0 radical (unpaired) electrons. The van der Waals surface area contributed by atoms with E-state index in [0.717, 1.165) is 70.9 Å². The SMILES string of the molecule is CC[C@@]1(OC=O)C(=O)OCc2c1cc1n(c2=O)Cc2c-1nc1cc(F)c(OC)cc1c2CN1CC[N+](C)(Cc2ccc(NC(=O)OCCOCCOCCOCCOCCOCCOCCOCCNC(=O)CC[C@H](NC(=O)CCCN3C(=O)C=CC3=O)C(=O)NCCCC(=O)NC(C)C)cc2)CC1. The van der Waals surface area contributed by atoms with Gasteiger partial charge in [0.2, 0.25) is 29.2 Å². The Morgan fingerprint density at radius 1 is 0.721 bits per heavy atom. The van der Waals surface area contributed by atoms with Gasteiger partial charge < -0.3 is 82.4 Å². The first-order valence-electron chi connectivity index (χ1n) is 35.3. The van der Waals surface area contributed by atoms with Gasteiger partial charge in [0.05, 0.1) is 149 Å². The molecular weight excluding hydrogens is 1360 g/mol. The van der Waals surface area contributed by atoms with Crippen molar-refractivity contribution in [1.29, 1.82) is 0 Å². The molecule has 0 bridgehead atoms. The van der Waals surface area contributed by atoms with Gasteiger partial charge in [-0.1, -0.05) is 19.1 Å². The first kappa shape index (κ1) is 80.8. The van der Waals surface area contributed by atoms with Crippen LogP contribution in [0.25, 0.3) is 22.3 Å². The van der Waals surface area contributed by atoms with Crippen molar-refractivity contribution in [2.75, 3.05) is 164 Å². The summed E-state index contributed by atoms with van der Waals surface area (Å²) in [4.78, 5) is 134. The van der Waals surface area contributed by atoms with Gasteiger partial charge in [-0.15, -0.1) is 0 Å². The summed E-state index contributed by atoms with van der Waals surface area (Å²) in [5.74, 6) is -3.66. The van der Waals surface area contributed by atoms with E-state index in [1.54, 1.807) is 23.6 Å². The lowest BCUT2D eigenvalue weighted by Gasteiger charge is -2.42. The van der Waals surface area contributed by atoms with Crippen LogP contribution in [0.1, 0.15) is 93.5 Å². The van der Waals surface area contributed by atoms with E-state index in [-0.39, 0.29) is 138 Å². The largest absolute Gasteiger partial charge is 0.494 e. The molecule has 8 rings (SSSR count). The first-order valence-corrected chi connectivity index (χ1v) is 35.3. The topological polar surface area (TPSA) is 357 Å². The van der Waals surface area contributed by atoms with E-state index in [1.165, 1.54) is 13.2 Å². The number of piperazine rings is 1. The molecule has 1 fully saturated rings. The molecule has 4 aliphatic rings. The van der Waals surface area contributed by atoms with Gasteiger partial charge in [-0.25, -0.2) is 19.0 Å². The highest BCUT2D eigenvalue weighted by Gasteiger charge is 2.49. The summed E-state index contributed by atoms with van der Waals surface area (Å²) in [7, 11) is 3.62. The number of quaternary nitrogens is 1. The number of hydrogen-bond acceptors (Lipinski definition) is 23. The molecule has 0 aliphatic carbocycles. The fraction of sp³-hybridized carbons (Fsp3) is 0.569. The third-order valence-corrected chi connectivity index (χ3v) is 17.9. The van der Waals surface area contributed by atoms with Crippen LogP contribution >= 0.6 is 0 Å². The molecule has 2 aromatic heterocycles. The van der Waals surface area contributed by atoms with Crippen LogP contribution in [0.4, 0.5) is 14.9 Å². The number of benzene rings is 2. The number of aromatic nitrogens is 2. The lowest BCUT2D eigenvalue weighted by molar-refractivity contribution is -0.926. The maximum Gasteiger partial charge on any atom is 0.411 e. The summed E-state index contributed by atoms with van der Waals surface area (Å²) in [5.41, 5.74) is 2.95. The first-order chi connectivity index (χ1) is 50.2. The molecule has 2 aromatic carbocycles. The minimum Gasteiger partial charge on any atom is -0.494 e. The van der Waals surface area contributed by atoms with E-state index in [2.05, 4.69) is 38.5 Å². The zero-order valence-electron chi connectivity index (χ0n) is 59.9. The Balaban J connectivity index is 0.601. The molecular formula is C72H98FN10O21+. The standard InChI is InChI=1S/C72H97FN10O21/c1-6-72(104-48-84)56-42-60-67-54(45-82(60)69(91)55(56)47-103-70(72)92)53(52-41-61(94-5)57(73)43-59(52)79-67)44-80-22-24-83(4,25-23-80)46-50-11-13-51(14-12-50)77-71(93)102-40-39-101-38-37-100-36-35-99-34-33-98-32-31-97-30-29-96-28-27-95-26-20-74-62(85)16-15-58(68(90)75-19-7-9-63(86)76-49(2)3)78-64(87)10-8-21-81-65(88)17-18-66(81)89/h11-14,17-18,41-43,48-49,58H,6-10,15-16,19-40,44-47H2,1-5H3,(H4-,74,75,76,77,78,85,86,87,90,93)/p+1/t58-,72-/m0/s1. The summed E-state index contributed by atoms with van der Waals surface area (Å²) in [6, 6.07) is 11.3. The number of halogens is 1. The number of anilines is 1. The number of pyridine rings is 2. The normalized spacial score (nSPS) is 16.2. The number of methoxy groups -OCH3 is 1. The van der Waals surface area contributed by atoms with Crippen molar-refractivity contribution < 1.29 is 104 Å². The Bertz CT molecular complexity index is 3680. The maximum absolute atomic E-state index is 15.3. The summed E-state index contributed by atoms with van der Waals surface area (Å²) < 4.78 is 78.0. The number of esters is 1. The molecule has 568 valence electrons. The third kappa shape index (κ3) is 23.6. The molecule has 31 nitrogen and oxygen atoms in total. The Kier molecular flexibility index (Phi) is 31.9. The molecule has 0 saturated carbocycles. The van der Waals surface area contributed by atoms with E-state index in [1.807, 2.05) is 38.1 Å². The highest BCUT2D eigenvalue weighted by Crippen LogP contribution is 2.43. The van der Waals surface area contributed by atoms with Crippen molar-refractivity contribution in [2.45, 2.75) is 110 Å². The molecule has 7 amide bonds. The van der Waals surface area contributed by atoms with Gasteiger partial charge in [-0.3, -0.25) is 53.5 Å². The highest BCUT2D eigenvalue weighted by molar-refractivity contribution is 6.12. The van der Waals surface area contributed by atoms with Crippen molar-refractivity contribution in [2.24, 2.45) is 0 Å². The Morgan fingerprint density at radius 3 is 1.91 bits per heavy atom. The maximum atomic E-state index is 15.3. The number of carbonyl (C=O) groups is 9. The van der Waals surface area contributed by atoms with Crippen molar-refractivity contribution >= 4 is 70.6 Å². The number of fused-ring (bicyclic) bond motifs is 5. The van der Waals surface area contributed by atoms with Gasteiger partial charge in [-0.05, 0) is 69.4 Å². The van der Waals surface area contributed by atoms with Gasteiger partial charge >= 0.3 is 12.1 Å². The summed E-state index contributed by atoms with van der Waals surface area (Å²) >= 11 is 0. The molecule has 104 heavy (non-hydrogen) atoms. The molecule has 4 aromatic rings. The van der Waals surface area contributed by atoms with Crippen molar-refractivity contribution in [3.05, 3.63) is 98.6 Å². The number of imide groups is 1. The number of cyclic esters (lactones) is 1. The number of carbonyl (C=O) groups excluding carboxylic acids is 9. The summed E-state index contributed by atoms with van der Waals surface area (Å²) in [5, 5.41) is 14.3. The molecule has 2 atom stereocenters. The molecule has 4 aliphatic heterocycles. The van der Waals surface area contributed by atoms with Crippen LogP contribution in [-0.4, -0.2) is 249 Å². The fourth-order valence-corrected chi connectivity index (χ4v) is 12.4. The number of likely N-dealkylation sites (N-methyl/N-ethyl adjacent to an activating group) is 1. The number of hydrogen-bond donors (Lipinski definition) is 5. The zero-order valence-corrected chi connectivity index (χ0v) is 59.9. The van der Waals surface area contributed by atoms with Crippen LogP contribution in [0, 0.1) is 5.82 Å². The van der Waals surface area contributed by atoms with Crippen LogP contribution in [-0.2, 0) is 118 Å². The third-order valence-electron chi connectivity index (χ3n) is 17.9. The number of nitrogens with zero attached hydrogens (tertiary/aromatic N) is 5. The van der Waals surface area contributed by atoms with Crippen molar-refractivity contribution in [1.82, 2.24) is 40.6 Å². The minimum atomic E-state index is -1.80. The van der Waals surface area contributed by atoms with Crippen molar-refractivity contribution in [3.63, 3.8) is 0 Å². The van der Waals surface area contributed by atoms with Gasteiger partial charge in [0.1, 0.15) is 25.8 Å². The van der Waals surface area contributed by atoms with Gasteiger partial charge in [0.25, 0.3) is 23.8 Å². The van der Waals surface area contributed by atoms with E-state index >= 15 is 4.39 Å². The van der Waals surface area contributed by atoms with Crippen LogP contribution < -0.4 is 36.9 Å². The van der Waals surface area contributed by atoms with Crippen LogP contribution in [0.3, 0.4) is 0 Å². The predicted octanol–water partition coefficient (Wildman–Crippen LogP) is 3.04. The summed E-state index contributed by atoms with van der Waals surface area (Å²) in [6.07, 6.45) is 2.42. The van der Waals surface area contributed by atoms with Crippen molar-refractivity contribution in [3.8, 4) is 17.1 Å². The molecule has 5 N–H and O–H groups in total. The Labute approximate surface area is 602 Å². The van der Waals surface area contributed by atoms with Crippen LogP contribution in [0.15, 0.2) is 59.4 Å². The highest BCUT2D eigenvalue weighted by atomic mass is 19.1. The smallest absolute Gasteiger partial charge is 0.411 e. The Hall–Kier alpha value is -8.86. The van der Waals surface area contributed by atoms with Gasteiger partial charge in [0, 0.05) is 111 Å². The molecule has 0 spiro atoms. The molecule has 0 unspecified atom stereocenters. The second kappa shape index (κ2) is 41.0. The average Bonchev–Trinajstić information content (AvgIpc) is 1.66. The molecule has 32 heteroatoms. The zero-order chi connectivity index (χ0) is 74.4. The quantitative estimate of drug-likeness (QED) is 0.00933. The second-order valence-electron chi connectivity index (χ2n) is 25.8. The Morgan fingerprint density at radius 2 is 1.32 bits per heavy atom. The number of rotatable bonds is 47. The molecule has 6 heterocycles. The molecule has 1 saturated heterocycles. The van der Waals surface area contributed by atoms with Crippen LogP contribution in [0.2, 0.25) is 0 Å². The van der Waals surface area contributed by atoms with Crippen LogP contribution in [0.5, 0.6) is 5.75 Å². The second-order valence-corrected chi connectivity index (χ2v) is 25.8. The predicted molar refractivity (Wildman–Crippen MR) is 373 cm³/mol. The van der Waals surface area contributed by atoms with E-state index < -0.39 is 53.2 Å². The average molecular weight is 1460 g/mol. The summed E-state index contributed by atoms with van der Waals surface area (Å²) in [6.45, 7) is 15.0. The lowest BCUT2D eigenvalue weighted by atomic mass is 9.85. The van der Waals surface area contributed by atoms with Gasteiger partial charge in [0.15, 0.2) is 11.6 Å². The monoisotopic (exact) mass is 1460 g/mol. The van der Waals surface area contributed by atoms with E-state index in [0.29, 0.717) is 120 Å². The minimum absolute atomic E-state index is 0.00674. The lowest BCUT2D eigenvalue weighted by Crippen LogP contribution is -2.56. The van der Waals surface area contributed by atoms with E-state index in [9.17, 15) is 47.9 Å². The fourth-order valence-electron chi connectivity index (χ4n) is 12.4. The number of ether oxygens (including phenoxy) is 11. The number of amides is 7. The number of nitrogens with one attached hydrogen (secondary N) is 5.